The number of aliphatic carboxylic acids is 2. The molecule has 0 aromatic heterocycles. The van der Waals surface area contributed by atoms with Crippen LogP contribution in [0.15, 0.2) is 0 Å². The normalized spacial score (nSPS) is 7.54. The van der Waals surface area contributed by atoms with Gasteiger partial charge in [0.25, 0.3) is 0 Å². The Balaban J connectivity index is -0.000000150. The van der Waals surface area contributed by atoms with E-state index >= 15 is 0 Å². The Bertz CT molecular complexity index is 129. The molecule has 0 aliphatic heterocycles. The van der Waals surface area contributed by atoms with Crippen LogP contribution < -0.4 is 21.7 Å². The number of nitrogens with two attached hydrogens (primary N) is 2. The van der Waals surface area contributed by atoms with Crippen molar-refractivity contribution in [1.29, 1.82) is 0 Å². The minimum atomic E-state index is -1.63. The van der Waals surface area contributed by atoms with Gasteiger partial charge in [0.1, 0.15) is 0 Å². The summed E-state index contributed by atoms with van der Waals surface area (Å²) in [5, 5.41) is 18.6. The van der Waals surface area contributed by atoms with Gasteiger partial charge < -0.3 is 31.3 Å². The molecule has 4 N–H and O–H groups in total. The van der Waals surface area contributed by atoms with Gasteiger partial charge in [-0.05, 0) is 19.5 Å². The molecular formula is C6H12N2O4Pd. The molecule has 6 nitrogen and oxygen atoms in total. The van der Waals surface area contributed by atoms with Gasteiger partial charge in [-0.2, -0.15) is 0 Å². The van der Waals surface area contributed by atoms with Crippen molar-refractivity contribution in [3.05, 3.63) is 0 Å². The van der Waals surface area contributed by atoms with Crippen LogP contribution in [0.5, 0.6) is 0 Å². The van der Waals surface area contributed by atoms with Crippen LogP contribution in [-0.4, -0.2) is 25.0 Å². The Labute approximate surface area is 89.9 Å². The first-order chi connectivity index (χ1) is 5.54. The smallest absolute Gasteiger partial charge is 0.550 e. The molecule has 0 bridgehead atoms. The summed E-state index contributed by atoms with van der Waals surface area (Å²) in [6.07, 6.45) is -0.0833. The van der Waals surface area contributed by atoms with Crippen LogP contribution in [-0.2, 0) is 30.0 Å². The van der Waals surface area contributed by atoms with Gasteiger partial charge in [0, 0.05) is 18.4 Å². The van der Waals surface area contributed by atoms with E-state index in [1.807, 2.05) is 0 Å². The number of rotatable bonds is 4. The zero-order valence-corrected chi connectivity index (χ0v) is 8.49. The minimum Gasteiger partial charge on any atom is -0.550 e. The number of hydrogen-bond acceptors (Lipinski definition) is 6. The second kappa shape index (κ2) is 14.1. The number of carboxylic acids is 2. The largest absolute Gasteiger partial charge is 2.00 e. The summed E-state index contributed by atoms with van der Waals surface area (Å²) in [5.74, 6) is -3.25. The zero-order chi connectivity index (χ0) is 9.98. The van der Waals surface area contributed by atoms with E-state index in [0.29, 0.717) is 0 Å². The molecule has 0 spiro atoms. The maximum Gasteiger partial charge on any atom is 2.00 e. The van der Waals surface area contributed by atoms with Gasteiger partial charge in [-0.1, -0.05) is 0 Å². The molecule has 80 valence electrons. The van der Waals surface area contributed by atoms with E-state index in [4.69, 9.17) is 11.5 Å². The van der Waals surface area contributed by atoms with Crippen molar-refractivity contribution in [3.63, 3.8) is 0 Å². The van der Waals surface area contributed by atoms with Crippen molar-refractivity contribution < 1.29 is 40.2 Å². The van der Waals surface area contributed by atoms with Crippen LogP contribution in [0.25, 0.3) is 0 Å². The third-order valence-electron chi connectivity index (χ3n) is 0.697. The van der Waals surface area contributed by atoms with E-state index in [2.05, 4.69) is 0 Å². The molecule has 0 saturated heterocycles. The molecule has 0 unspecified atom stereocenters. The Morgan fingerprint density at radius 2 is 1.31 bits per heavy atom. The number of carbonyl (C=O) groups is 2. The fourth-order valence-corrected chi connectivity index (χ4v) is 0.236. The maximum atomic E-state index is 9.28. The van der Waals surface area contributed by atoms with Crippen molar-refractivity contribution in [2.45, 2.75) is 12.8 Å². The van der Waals surface area contributed by atoms with Crippen LogP contribution in [0.3, 0.4) is 0 Å². The predicted molar refractivity (Wildman–Crippen MR) is 37.4 cm³/mol. The number of carbonyl (C=O) groups excluding carboxylic acids is 2. The molecule has 13 heavy (non-hydrogen) atoms. The third-order valence-corrected chi connectivity index (χ3v) is 0.697. The van der Waals surface area contributed by atoms with Crippen molar-refractivity contribution in [1.82, 2.24) is 0 Å². The quantitative estimate of drug-likeness (QED) is 0.401. The summed E-state index contributed by atoms with van der Waals surface area (Å²) in [6, 6.07) is 0. The number of carboxylic acid groups (broad SMARTS) is 2. The van der Waals surface area contributed by atoms with E-state index in [0.717, 1.165) is 19.5 Å². The van der Waals surface area contributed by atoms with Crippen LogP contribution in [0, 0.1) is 0 Å². The Hall–Kier alpha value is -0.478. The molecule has 0 saturated carbocycles. The standard InChI is InChI=1S/C3H10N2.C3H4O4.Pd/c4-2-1-3-5;4-2(5)1-3(6)7;/h1-5H2;1H2,(H,4,5)(H,6,7);/q;;+2/p-2. The van der Waals surface area contributed by atoms with Gasteiger partial charge >= 0.3 is 20.4 Å². The first-order valence-electron chi connectivity index (χ1n) is 3.34. The van der Waals surface area contributed by atoms with E-state index in [1.165, 1.54) is 0 Å². The average Bonchev–Trinajstić information content (AvgIpc) is 1.87. The van der Waals surface area contributed by atoms with Gasteiger partial charge in [-0.25, -0.2) is 0 Å². The van der Waals surface area contributed by atoms with E-state index < -0.39 is 18.4 Å². The van der Waals surface area contributed by atoms with Crippen LogP contribution >= 0.6 is 0 Å². The second-order valence-corrected chi connectivity index (χ2v) is 1.85. The van der Waals surface area contributed by atoms with E-state index in [-0.39, 0.29) is 20.4 Å². The van der Waals surface area contributed by atoms with Gasteiger partial charge in [0.15, 0.2) is 0 Å². The monoisotopic (exact) mass is 282 g/mol. The summed E-state index contributed by atoms with van der Waals surface area (Å²) in [6.45, 7) is 1.44. The van der Waals surface area contributed by atoms with Crippen molar-refractivity contribution in [2.24, 2.45) is 11.5 Å². The third kappa shape index (κ3) is 34.3. The maximum absolute atomic E-state index is 9.28. The molecule has 0 aromatic rings. The Morgan fingerprint density at radius 1 is 1.00 bits per heavy atom. The van der Waals surface area contributed by atoms with Crippen LogP contribution in [0.4, 0.5) is 0 Å². The predicted octanol–water partition coefficient (Wildman–Crippen LogP) is -3.83. The van der Waals surface area contributed by atoms with E-state index in [1.54, 1.807) is 0 Å². The summed E-state index contributed by atoms with van der Waals surface area (Å²) in [7, 11) is 0. The molecule has 0 aromatic carbocycles. The summed E-state index contributed by atoms with van der Waals surface area (Å²) in [5.41, 5.74) is 10.1. The molecule has 0 amide bonds. The first kappa shape index (κ1) is 18.3. The average molecular weight is 283 g/mol. The van der Waals surface area contributed by atoms with Gasteiger partial charge in [-0.3, -0.25) is 0 Å². The molecule has 0 radical (unpaired) electrons. The van der Waals surface area contributed by atoms with Gasteiger partial charge in [0.05, 0.1) is 0 Å². The molecule has 0 rings (SSSR count). The number of hydrogen-bond donors (Lipinski definition) is 2. The molecule has 7 heteroatoms. The summed E-state index contributed by atoms with van der Waals surface area (Å²) < 4.78 is 0. The second-order valence-electron chi connectivity index (χ2n) is 1.85. The summed E-state index contributed by atoms with van der Waals surface area (Å²) in [4.78, 5) is 18.6. The fraction of sp³-hybridized carbons (Fsp3) is 0.667. The zero-order valence-electron chi connectivity index (χ0n) is 6.93. The molecule has 0 atom stereocenters. The SMILES string of the molecule is NCCCN.O=C([O-])CC(=O)[O-].[Pd+2]. The van der Waals surface area contributed by atoms with Crippen LogP contribution in [0.1, 0.15) is 12.8 Å². The molecule has 0 aliphatic rings. The summed E-state index contributed by atoms with van der Waals surface area (Å²) >= 11 is 0. The van der Waals surface area contributed by atoms with Crippen molar-refractivity contribution >= 4 is 11.9 Å². The van der Waals surface area contributed by atoms with Gasteiger partial charge in [0.2, 0.25) is 0 Å². The minimum absolute atomic E-state index is 0. The van der Waals surface area contributed by atoms with E-state index in [9.17, 15) is 19.8 Å². The Kier molecular flexibility index (Phi) is 19.8. The molecule has 0 heterocycles. The topological polar surface area (TPSA) is 132 Å². The Morgan fingerprint density at radius 3 is 1.31 bits per heavy atom. The van der Waals surface area contributed by atoms with Crippen LogP contribution in [0.2, 0.25) is 0 Å². The first-order valence-corrected chi connectivity index (χ1v) is 3.34. The van der Waals surface area contributed by atoms with Crippen molar-refractivity contribution in [3.8, 4) is 0 Å². The molecule has 0 aliphatic carbocycles. The van der Waals surface area contributed by atoms with Gasteiger partial charge in [-0.15, -0.1) is 0 Å². The molecular weight excluding hydrogens is 270 g/mol. The fourth-order valence-electron chi connectivity index (χ4n) is 0.236. The molecule has 0 fully saturated rings. The van der Waals surface area contributed by atoms with Crippen molar-refractivity contribution in [2.75, 3.05) is 13.1 Å².